The Balaban J connectivity index is 1.34. The molecule has 1 aliphatic carbocycles. The number of alkyl carbamates (subject to hydrolysis) is 1. The van der Waals surface area contributed by atoms with E-state index in [0.717, 1.165) is 30.6 Å². The summed E-state index contributed by atoms with van der Waals surface area (Å²) >= 11 is 1.14. The van der Waals surface area contributed by atoms with E-state index in [1.807, 2.05) is 18.2 Å². The maximum atomic E-state index is 14.3. The van der Waals surface area contributed by atoms with E-state index in [4.69, 9.17) is 19.4 Å². The zero-order valence-corrected chi connectivity index (χ0v) is 28.9. The minimum absolute atomic E-state index is 0.0114. The number of aliphatic carboxylic acids is 1. The van der Waals surface area contributed by atoms with Gasteiger partial charge in [0, 0.05) is 17.7 Å². The van der Waals surface area contributed by atoms with Crippen molar-refractivity contribution in [1.29, 1.82) is 0 Å². The number of carboxylic acids is 1. The lowest BCUT2D eigenvalue weighted by Gasteiger charge is -2.30. The SMILES string of the molecule is CC(C)(C)OC(=O)N[C@H]1CCCCC/C=C\C2CC2(C(=O)O)NC(=O)C2C[C@@H](Oc3nc4ccccc4nc3-c3csc(C=O)n3)CN2C1=O. The van der Waals surface area contributed by atoms with Gasteiger partial charge in [0.05, 0.1) is 17.6 Å². The highest BCUT2D eigenvalue weighted by Gasteiger charge is 2.61. The number of hydrogen-bond acceptors (Lipinski definition) is 11. The second kappa shape index (κ2) is 14.1. The number of aldehydes is 1. The smallest absolute Gasteiger partial charge is 0.408 e. The molecule has 0 bridgehead atoms. The quantitative estimate of drug-likeness (QED) is 0.245. The summed E-state index contributed by atoms with van der Waals surface area (Å²) in [5, 5.41) is 17.6. The van der Waals surface area contributed by atoms with Crippen molar-refractivity contribution >= 4 is 52.5 Å². The Morgan fingerprint density at radius 2 is 1.88 bits per heavy atom. The number of carboxylic acid groups (broad SMARTS) is 1. The van der Waals surface area contributed by atoms with Gasteiger partial charge >= 0.3 is 12.1 Å². The summed E-state index contributed by atoms with van der Waals surface area (Å²) in [4.78, 5) is 80.2. The van der Waals surface area contributed by atoms with Crippen LogP contribution in [0, 0.1) is 5.92 Å². The normalized spacial score (nSPS) is 26.4. The fourth-order valence-electron chi connectivity index (χ4n) is 6.44. The third-order valence-corrected chi connectivity index (χ3v) is 9.76. The highest BCUT2D eigenvalue weighted by molar-refractivity contribution is 7.11. The number of hydrogen-bond donors (Lipinski definition) is 3. The van der Waals surface area contributed by atoms with E-state index < -0.39 is 53.2 Å². The Bertz CT molecular complexity index is 1840. The number of benzene rings is 1. The number of thiazole rings is 1. The molecule has 264 valence electrons. The van der Waals surface area contributed by atoms with Crippen LogP contribution in [0.1, 0.15) is 75.5 Å². The zero-order valence-electron chi connectivity index (χ0n) is 28.1. The molecule has 3 N–H and O–H groups in total. The highest BCUT2D eigenvalue weighted by Crippen LogP contribution is 2.45. The van der Waals surface area contributed by atoms with Gasteiger partial charge in [-0.25, -0.2) is 24.5 Å². The molecule has 4 heterocycles. The molecule has 1 aromatic carbocycles. The van der Waals surface area contributed by atoms with Crippen molar-refractivity contribution in [2.24, 2.45) is 5.92 Å². The van der Waals surface area contributed by atoms with Gasteiger partial charge < -0.3 is 30.1 Å². The summed E-state index contributed by atoms with van der Waals surface area (Å²) in [5.74, 6) is -2.56. The summed E-state index contributed by atoms with van der Waals surface area (Å²) in [6.07, 6.45) is 6.39. The van der Waals surface area contributed by atoms with Crippen LogP contribution in [-0.4, -0.2) is 91.0 Å². The van der Waals surface area contributed by atoms with Gasteiger partial charge in [0.15, 0.2) is 17.0 Å². The lowest BCUT2D eigenvalue weighted by atomic mass is 10.0. The summed E-state index contributed by atoms with van der Waals surface area (Å²) < 4.78 is 11.9. The molecule has 15 heteroatoms. The van der Waals surface area contributed by atoms with Gasteiger partial charge in [-0.3, -0.25) is 14.4 Å². The topological polar surface area (TPSA) is 190 Å². The minimum atomic E-state index is -1.48. The first-order valence-corrected chi connectivity index (χ1v) is 17.6. The molecule has 2 aliphatic heterocycles. The molecule has 0 spiro atoms. The van der Waals surface area contributed by atoms with E-state index in [9.17, 15) is 29.1 Å². The van der Waals surface area contributed by atoms with E-state index >= 15 is 0 Å². The first kappa shape index (κ1) is 34.9. The number of para-hydroxylation sites is 2. The van der Waals surface area contributed by atoms with Crippen LogP contribution in [0.3, 0.4) is 0 Å². The van der Waals surface area contributed by atoms with Crippen molar-refractivity contribution in [3.8, 4) is 17.3 Å². The lowest BCUT2D eigenvalue weighted by molar-refractivity contribution is -0.145. The molecule has 5 atom stereocenters. The van der Waals surface area contributed by atoms with Crippen LogP contribution in [0.4, 0.5) is 4.79 Å². The number of rotatable bonds is 6. The molecule has 3 unspecified atom stereocenters. The van der Waals surface area contributed by atoms with Crippen LogP contribution in [0.15, 0.2) is 41.8 Å². The van der Waals surface area contributed by atoms with Gasteiger partial charge in [-0.2, -0.15) is 0 Å². The number of carbonyl (C=O) groups excluding carboxylic acids is 4. The van der Waals surface area contributed by atoms with E-state index in [2.05, 4.69) is 15.6 Å². The van der Waals surface area contributed by atoms with Crippen molar-refractivity contribution in [3.05, 3.63) is 46.8 Å². The average Bonchev–Trinajstić information content (AvgIpc) is 3.36. The van der Waals surface area contributed by atoms with Crippen molar-refractivity contribution < 1.29 is 38.6 Å². The lowest BCUT2D eigenvalue weighted by Crippen LogP contribution is -2.56. The number of allylic oxidation sites excluding steroid dienone is 1. The summed E-state index contributed by atoms with van der Waals surface area (Å²) in [5.41, 5.74) is -0.500. The van der Waals surface area contributed by atoms with Gasteiger partial charge in [0.2, 0.25) is 17.7 Å². The third-order valence-electron chi connectivity index (χ3n) is 8.99. The highest BCUT2D eigenvalue weighted by atomic mass is 32.1. The maximum Gasteiger partial charge on any atom is 0.408 e. The molecular formula is C35H40N6O8S. The van der Waals surface area contributed by atoms with Crippen LogP contribution < -0.4 is 15.4 Å². The molecule has 2 aromatic heterocycles. The van der Waals surface area contributed by atoms with Gasteiger partial charge in [-0.1, -0.05) is 37.1 Å². The van der Waals surface area contributed by atoms with Gasteiger partial charge in [-0.05, 0) is 58.6 Å². The molecule has 3 amide bonds. The fourth-order valence-corrected chi connectivity index (χ4v) is 7.04. The number of fused-ring (bicyclic) bond motifs is 3. The number of amides is 3. The Morgan fingerprint density at radius 1 is 1.12 bits per heavy atom. The van der Waals surface area contributed by atoms with Crippen LogP contribution in [0.25, 0.3) is 22.4 Å². The first-order valence-electron chi connectivity index (χ1n) is 16.7. The minimum Gasteiger partial charge on any atom is -0.479 e. The molecule has 1 saturated heterocycles. The zero-order chi connectivity index (χ0) is 35.6. The Labute approximate surface area is 292 Å². The standard InChI is InChI=1S/C35H40N6O8S/c1-34(2,3)49-33(47)39-24-14-8-6-4-5-7-11-20-16-35(20,32(45)46)40-29(43)26-15-21(17-41(26)31(24)44)48-30-28(25-19-50-27(18-42)36-25)37-22-12-9-10-13-23(22)38-30/h7,9-13,18-21,24,26H,4-6,8,14-17H2,1-3H3,(H,39,47)(H,40,43)(H,45,46)/b11-7-/t20?,21-,24+,26?,35?/m1/s1. The molecule has 1 saturated carbocycles. The van der Waals surface area contributed by atoms with E-state index in [1.165, 1.54) is 4.90 Å². The molecular weight excluding hydrogens is 664 g/mol. The van der Waals surface area contributed by atoms with Crippen LogP contribution in [0.2, 0.25) is 0 Å². The van der Waals surface area contributed by atoms with E-state index in [0.29, 0.717) is 35.9 Å². The predicted octanol–water partition coefficient (Wildman–Crippen LogP) is 4.29. The number of nitrogens with zero attached hydrogens (tertiary/aromatic N) is 4. The maximum absolute atomic E-state index is 14.3. The molecule has 2 fully saturated rings. The number of carbonyl (C=O) groups is 5. The van der Waals surface area contributed by atoms with Gasteiger partial charge in [0.25, 0.3) is 0 Å². The molecule has 14 nitrogen and oxygen atoms in total. The first-order chi connectivity index (χ1) is 23.9. The van der Waals surface area contributed by atoms with Gasteiger partial charge in [-0.15, -0.1) is 11.3 Å². The van der Waals surface area contributed by atoms with E-state index in [-0.39, 0.29) is 41.9 Å². The average molecular weight is 705 g/mol. The molecule has 0 radical (unpaired) electrons. The van der Waals surface area contributed by atoms with Crippen molar-refractivity contribution in [2.45, 2.75) is 95.0 Å². The molecule has 3 aliphatic rings. The second-order valence-electron chi connectivity index (χ2n) is 13.9. The van der Waals surface area contributed by atoms with Crippen molar-refractivity contribution in [3.63, 3.8) is 0 Å². The summed E-state index contributed by atoms with van der Waals surface area (Å²) in [7, 11) is 0. The third kappa shape index (κ3) is 7.62. The van der Waals surface area contributed by atoms with Gasteiger partial charge in [0.1, 0.15) is 35.0 Å². The van der Waals surface area contributed by atoms with E-state index in [1.54, 1.807) is 44.4 Å². The monoisotopic (exact) mass is 704 g/mol. The summed E-state index contributed by atoms with van der Waals surface area (Å²) in [6, 6.07) is 5.06. The van der Waals surface area contributed by atoms with Crippen LogP contribution >= 0.6 is 11.3 Å². The second-order valence-corrected chi connectivity index (χ2v) is 14.8. The molecule has 6 rings (SSSR count). The van der Waals surface area contributed by atoms with Crippen LogP contribution in [0.5, 0.6) is 5.88 Å². The molecule has 50 heavy (non-hydrogen) atoms. The van der Waals surface area contributed by atoms with Crippen LogP contribution in [-0.2, 0) is 19.1 Å². The largest absolute Gasteiger partial charge is 0.479 e. The Hall–Kier alpha value is -4.92. The Kier molecular flexibility index (Phi) is 9.87. The predicted molar refractivity (Wildman–Crippen MR) is 183 cm³/mol. The number of ether oxygens (including phenoxy) is 2. The summed E-state index contributed by atoms with van der Waals surface area (Å²) in [6.45, 7) is 5.11. The number of nitrogens with one attached hydrogen (secondary N) is 2. The number of aromatic nitrogens is 3. The fraction of sp³-hybridized carbons (Fsp3) is 0.486. The molecule has 3 aromatic rings. The van der Waals surface area contributed by atoms with Crippen molar-refractivity contribution in [1.82, 2.24) is 30.5 Å². The Morgan fingerprint density at radius 3 is 2.58 bits per heavy atom. The van der Waals surface area contributed by atoms with Crippen molar-refractivity contribution in [2.75, 3.05) is 6.54 Å².